The lowest BCUT2D eigenvalue weighted by Crippen LogP contribution is -2.19. The van der Waals surface area contributed by atoms with Crippen LogP contribution in [0, 0.1) is 0 Å². The first kappa shape index (κ1) is 8.36. The van der Waals surface area contributed by atoms with Gasteiger partial charge in [-0.2, -0.15) is 0 Å². The molecule has 1 amide bonds. The van der Waals surface area contributed by atoms with E-state index in [0.717, 1.165) is 4.68 Å². The second kappa shape index (κ2) is 3.65. The molecule has 0 radical (unpaired) electrons. The van der Waals surface area contributed by atoms with E-state index in [2.05, 4.69) is 20.8 Å². The second-order valence-electron chi connectivity index (χ2n) is 2.55. The molecule has 1 heterocycles. The maximum atomic E-state index is 11.4. The van der Waals surface area contributed by atoms with Gasteiger partial charge >= 0.3 is 6.03 Å². The Morgan fingerprint density at radius 1 is 1.29 bits per heavy atom. The van der Waals surface area contributed by atoms with Gasteiger partial charge in [-0.1, -0.05) is 18.2 Å². The van der Waals surface area contributed by atoms with E-state index < -0.39 is 0 Å². The van der Waals surface area contributed by atoms with Crippen molar-refractivity contribution in [1.82, 2.24) is 20.2 Å². The molecule has 2 aromatic rings. The maximum Gasteiger partial charge on any atom is 0.349 e. The van der Waals surface area contributed by atoms with Crippen molar-refractivity contribution in [2.24, 2.45) is 0 Å². The number of nitrogens with one attached hydrogen (secondary N) is 1. The average molecular weight is 189 g/mol. The summed E-state index contributed by atoms with van der Waals surface area (Å²) in [4.78, 5) is 11.4. The van der Waals surface area contributed by atoms with Crippen LogP contribution in [0.15, 0.2) is 36.7 Å². The lowest BCUT2D eigenvalue weighted by molar-refractivity contribution is 0.250. The summed E-state index contributed by atoms with van der Waals surface area (Å²) in [5.74, 6) is 0. The van der Waals surface area contributed by atoms with Gasteiger partial charge in [0, 0.05) is 5.69 Å². The minimum absolute atomic E-state index is 0.388. The van der Waals surface area contributed by atoms with E-state index in [-0.39, 0.29) is 6.03 Å². The topological polar surface area (TPSA) is 72.7 Å². The Balaban J connectivity index is 2.10. The number of para-hydroxylation sites is 1. The van der Waals surface area contributed by atoms with Gasteiger partial charge in [0.15, 0.2) is 0 Å². The van der Waals surface area contributed by atoms with Crippen molar-refractivity contribution in [3.8, 4) is 0 Å². The van der Waals surface area contributed by atoms with Crippen LogP contribution >= 0.6 is 0 Å². The third kappa shape index (κ3) is 1.74. The normalized spacial score (nSPS) is 9.71. The van der Waals surface area contributed by atoms with Gasteiger partial charge in [0.05, 0.1) is 0 Å². The molecule has 0 spiro atoms. The van der Waals surface area contributed by atoms with E-state index in [9.17, 15) is 4.79 Å². The SMILES string of the molecule is O=C(Nc1ccccc1)n1cnnn1. The van der Waals surface area contributed by atoms with Crippen molar-refractivity contribution >= 4 is 11.7 Å². The highest BCUT2D eigenvalue weighted by molar-refractivity contribution is 5.89. The molecule has 70 valence electrons. The number of tetrazole rings is 1. The number of rotatable bonds is 1. The lowest BCUT2D eigenvalue weighted by Gasteiger charge is -2.01. The molecule has 0 aliphatic heterocycles. The van der Waals surface area contributed by atoms with Gasteiger partial charge < -0.3 is 5.32 Å². The average Bonchev–Trinajstić information content (AvgIpc) is 2.72. The fourth-order valence-corrected chi connectivity index (χ4v) is 0.957. The van der Waals surface area contributed by atoms with E-state index in [0.29, 0.717) is 5.69 Å². The summed E-state index contributed by atoms with van der Waals surface area (Å²) in [5, 5.41) is 12.8. The molecule has 6 nitrogen and oxygen atoms in total. The molecule has 0 fully saturated rings. The molecule has 0 unspecified atom stereocenters. The van der Waals surface area contributed by atoms with Crippen molar-refractivity contribution in [2.75, 3.05) is 5.32 Å². The molecule has 0 aliphatic carbocycles. The van der Waals surface area contributed by atoms with E-state index in [1.165, 1.54) is 6.33 Å². The van der Waals surface area contributed by atoms with Gasteiger partial charge in [-0.15, -0.1) is 9.78 Å². The molecule has 14 heavy (non-hydrogen) atoms. The number of aromatic nitrogens is 4. The van der Waals surface area contributed by atoms with Crippen LogP contribution < -0.4 is 5.32 Å². The summed E-state index contributed by atoms with van der Waals surface area (Å²) in [7, 11) is 0. The largest absolute Gasteiger partial charge is 0.349 e. The van der Waals surface area contributed by atoms with Crippen LogP contribution in [-0.2, 0) is 0 Å². The predicted octanol–water partition coefficient (Wildman–Crippen LogP) is 0.753. The molecule has 1 N–H and O–H groups in total. The zero-order chi connectivity index (χ0) is 9.80. The Kier molecular flexibility index (Phi) is 2.18. The highest BCUT2D eigenvalue weighted by atomic mass is 16.2. The van der Waals surface area contributed by atoms with Gasteiger partial charge in [0.2, 0.25) is 0 Å². The van der Waals surface area contributed by atoms with Crippen LogP contribution in [0.5, 0.6) is 0 Å². The Hall–Kier alpha value is -2.24. The molecular weight excluding hydrogens is 182 g/mol. The number of nitrogens with zero attached hydrogens (tertiary/aromatic N) is 4. The smallest absolute Gasteiger partial charge is 0.306 e. The van der Waals surface area contributed by atoms with Crippen LogP contribution in [0.1, 0.15) is 0 Å². The fourth-order valence-electron chi connectivity index (χ4n) is 0.957. The van der Waals surface area contributed by atoms with Crippen molar-refractivity contribution in [3.05, 3.63) is 36.7 Å². The maximum absolute atomic E-state index is 11.4. The molecule has 1 aromatic carbocycles. The second-order valence-corrected chi connectivity index (χ2v) is 2.55. The third-order valence-electron chi connectivity index (χ3n) is 1.58. The standard InChI is InChI=1S/C8H7N5O/c14-8(13-6-9-11-12-13)10-7-4-2-1-3-5-7/h1-6H,(H,10,14). The lowest BCUT2D eigenvalue weighted by atomic mass is 10.3. The van der Waals surface area contributed by atoms with Crippen LogP contribution in [0.4, 0.5) is 10.5 Å². The van der Waals surface area contributed by atoms with Crippen LogP contribution in [-0.4, -0.2) is 26.2 Å². The highest BCUT2D eigenvalue weighted by Gasteiger charge is 2.04. The van der Waals surface area contributed by atoms with Crippen molar-refractivity contribution in [1.29, 1.82) is 0 Å². The number of anilines is 1. The number of hydrogen-bond donors (Lipinski definition) is 1. The van der Waals surface area contributed by atoms with Gasteiger partial charge in [0.25, 0.3) is 0 Å². The van der Waals surface area contributed by atoms with Crippen LogP contribution in [0.2, 0.25) is 0 Å². The Labute approximate surface area is 79.5 Å². The van der Waals surface area contributed by atoms with Gasteiger partial charge in [-0.25, -0.2) is 4.79 Å². The monoisotopic (exact) mass is 189 g/mol. The molecule has 0 saturated heterocycles. The van der Waals surface area contributed by atoms with Crippen LogP contribution in [0.25, 0.3) is 0 Å². The molecular formula is C8H7N5O. The van der Waals surface area contributed by atoms with E-state index in [1.54, 1.807) is 12.1 Å². The number of benzene rings is 1. The Morgan fingerprint density at radius 3 is 2.71 bits per heavy atom. The summed E-state index contributed by atoms with van der Waals surface area (Å²) in [5.41, 5.74) is 0.702. The van der Waals surface area contributed by atoms with E-state index >= 15 is 0 Å². The first-order valence-electron chi connectivity index (χ1n) is 3.95. The summed E-state index contributed by atoms with van der Waals surface area (Å²) in [6.07, 6.45) is 1.23. The van der Waals surface area contributed by atoms with Gasteiger partial charge in [0.1, 0.15) is 6.33 Å². The molecule has 6 heteroatoms. The number of carbonyl (C=O) groups excluding carboxylic acids is 1. The molecule has 2 rings (SSSR count). The van der Waals surface area contributed by atoms with E-state index in [1.807, 2.05) is 18.2 Å². The molecule has 0 saturated carbocycles. The Morgan fingerprint density at radius 2 is 2.07 bits per heavy atom. The third-order valence-corrected chi connectivity index (χ3v) is 1.58. The zero-order valence-corrected chi connectivity index (χ0v) is 7.16. The molecule has 0 aliphatic rings. The summed E-state index contributed by atoms with van der Waals surface area (Å²) in [6.45, 7) is 0. The summed E-state index contributed by atoms with van der Waals surface area (Å²) >= 11 is 0. The molecule has 0 atom stereocenters. The molecule has 1 aromatic heterocycles. The summed E-state index contributed by atoms with van der Waals surface area (Å²) in [6, 6.07) is 8.70. The minimum Gasteiger partial charge on any atom is -0.306 e. The minimum atomic E-state index is -0.388. The molecule has 0 bridgehead atoms. The zero-order valence-electron chi connectivity index (χ0n) is 7.16. The van der Waals surface area contributed by atoms with Crippen LogP contribution in [0.3, 0.4) is 0 Å². The summed E-state index contributed by atoms with van der Waals surface area (Å²) < 4.78 is 1.02. The predicted molar refractivity (Wildman–Crippen MR) is 48.7 cm³/mol. The number of hydrogen-bond acceptors (Lipinski definition) is 4. The van der Waals surface area contributed by atoms with E-state index in [4.69, 9.17) is 0 Å². The highest BCUT2D eigenvalue weighted by Crippen LogP contribution is 2.04. The first-order chi connectivity index (χ1) is 6.86. The quantitative estimate of drug-likeness (QED) is 0.672. The number of carbonyl (C=O) groups is 1. The van der Waals surface area contributed by atoms with Gasteiger partial charge in [-0.3, -0.25) is 0 Å². The van der Waals surface area contributed by atoms with Crippen molar-refractivity contribution < 1.29 is 4.79 Å². The van der Waals surface area contributed by atoms with Gasteiger partial charge in [-0.05, 0) is 22.6 Å². The van der Waals surface area contributed by atoms with Crippen molar-refractivity contribution in [3.63, 3.8) is 0 Å². The Bertz CT molecular complexity index is 411. The number of amides is 1. The fraction of sp³-hybridized carbons (Fsp3) is 0. The van der Waals surface area contributed by atoms with Crippen molar-refractivity contribution in [2.45, 2.75) is 0 Å². The first-order valence-corrected chi connectivity index (χ1v) is 3.95.